The molecule has 1 aliphatic heterocycles. The van der Waals surface area contributed by atoms with Crippen molar-refractivity contribution in [2.45, 2.75) is 19.4 Å². The van der Waals surface area contributed by atoms with Gasteiger partial charge in [-0.3, -0.25) is 9.78 Å². The Morgan fingerprint density at radius 3 is 2.88 bits per heavy atom. The van der Waals surface area contributed by atoms with Crippen molar-refractivity contribution in [2.24, 2.45) is 5.92 Å². The third-order valence-corrected chi connectivity index (χ3v) is 3.07. The summed E-state index contributed by atoms with van der Waals surface area (Å²) in [4.78, 5) is 18.1. The Balaban J connectivity index is 1.90. The first kappa shape index (κ1) is 12.0. The lowest BCUT2D eigenvalue weighted by Crippen LogP contribution is -2.35. The molecule has 0 aromatic carbocycles. The fraction of sp³-hybridized carbons (Fsp3) is 0.538. The Bertz CT molecular complexity index is 361. The smallest absolute Gasteiger partial charge is 0.225 e. The first-order valence-electron chi connectivity index (χ1n) is 6.00. The molecular formula is C13H18N2O2. The predicted molar refractivity (Wildman–Crippen MR) is 64.3 cm³/mol. The van der Waals surface area contributed by atoms with Crippen molar-refractivity contribution in [1.82, 2.24) is 9.88 Å². The SMILES string of the molecule is CN(Cc1ccccn1)C(=O)C1CCOCC1. The first-order chi connectivity index (χ1) is 8.27. The van der Waals surface area contributed by atoms with E-state index in [2.05, 4.69) is 4.98 Å². The normalized spacial score (nSPS) is 16.8. The lowest BCUT2D eigenvalue weighted by molar-refractivity contribution is -0.137. The van der Waals surface area contributed by atoms with Crippen LogP contribution in [-0.4, -0.2) is 36.1 Å². The van der Waals surface area contributed by atoms with Gasteiger partial charge in [0.05, 0.1) is 12.2 Å². The van der Waals surface area contributed by atoms with Gasteiger partial charge in [0.15, 0.2) is 0 Å². The van der Waals surface area contributed by atoms with Crippen LogP contribution in [0.1, 0.15) is 18.5 Å². The largest absolute Gasteiger partial charge is 0.381 e. The average Bonchev–Trinajstić information content (AvgIpc) is 2.40. The molecule has 2 rings (SSSR count). The zero-order chi connectivity index (χ0) is 12.1. The molecule has 1 fully saturated rings. The average molecular weight is 234 g/mol. The summed E-state index contributed by atoms with van der Waals surface area (Å²) in [5, 5.41) is 0. The quantitative estimate of drug-likeness (QED) is 0.795. The highest BCUT2D eigenvalue weighted by Gasteiger charge is 2.24. The summed E-state index contributed by atoms with van der Waals surface area (Å²) in [6.07, 6.45) is 3.43. The van der Waals surface area contributed by atoms with E-state index in [1.807, 2.05) is 25.2 Å². The number of nitrogens with zero attached hydrogens (tertiary/aromatic N) is 2. The number of hydrogen-bond donors (Lipinski definition) is 0. The Morgan fingerprint density at radius 2 is 2.24 bits per heavy atom. The third-order valence-electron chi connectivity index (χ3n) is 3.07. The zero-order valence-corrected chi connectivity index (χ0v) is 10.1. The predicted octanol–water partition coefficient (Wildman–Crippen LogP) is 1.47. The van der Waals surface area contributed by atoms with Gasteiger partial charge in [-0.05, 0) is 25.0 Å². The van der Waals surface area contributed by atoms with Crippen LogP contribution in [0.3, 0.4) is 0 Å². The molecule has 0 radical (unpaired) electrons. The van der Waals surface area contributed by atoms with Gasteiger partial charge in [0, 0.05) is 32.4 Å². The summed E-state index contributed by atoms with van der Waals surface area (Å²) in [5.74, 6) is 0.330. The highest BCUT2D eigenvalue weighted by molar-refractivity contribution is 5.78. The third kappa shape index (κ3) is 3.27. The number of amides is 1. The Morgan fingerprint density at radius 1 is 1.47 bits per heavy atom. The molecule has 0 N–H and O–H groups in total. The Labute approximate surface area is 102 Å². The molecule has 1 aliphatic rings. The number of ether oxygens (including phenoxy) is 1. The van der Waals surface area contributed by atoms with Crippen molar-refractivity contribution in [2.75, 3.05) is 20.3 Å². The van der Waals surface area contributed by atoms with Crippen molar-refractivity contribution >= 4 is 5.91 Å². The molecule has 0 spiro atoms. The van der Waals surface area contributed by atoms with Gasteiger partial charge in [0.25, 0.3) is 0 Å². The summed E-state index contributed by atoms with van der Waals surface area (Å²) in [6.45, 7) is 1.98. The molecule has 0 atom stereocenters. The fourth-order valence-electron chi connectivity index (χ4n) is 2.07. The van der Waals surface area contributed by atoms with Crippen molar-refractivity contribution in [3.05, 3.63) is 30.1 Å². The van der Waals surface area contributed by atoms with Gasteiger partial charge >= 0.3 is 0 Å². The van der Waals surface area contributed by atoms with Gasteiger partial charge in [0.2, 0.25) is 5.91 Å². The molecule has 1 aromatic rings. The highest BCUT2D eigenvalue weighted by Crippen LogP contribution is 2.17. The molecule has 1 amide bonds. The van der Waals surface area contributed by atoms with Crippen LogP contribution in [0.2, 0.25) is 0 Å². The van der Waals surface area contributed by atoms with Gasteiger partial charge < -0.3 is 9.64 Å². The number of hydrogen-bond acceptors (Lipinski definition) is 3. The van der Waals surface area contributed by atoms with Crippen LogP contribution in [0.25, 0.3) is 0 Å². The summed E-state index contributed by atoms with van der Waals surface area (Å²) < 4.78 is 5.26. The molecular weight excluding hydrogens is 216 g/mol. The maximum Gasteiger partial charge on any atom is 0.225 e. The van der Waals surface area contributed by atoms with Crippen LogP contribution < -0.4 is 0 Å². The maximum absolute atomic E-state index is 12.1. The summed E-state index contributed by atoms with van der Waals surface area (Å²) in [7, 11) is 1.84. The number of carbonyl (C=O) groups excluding carboxylic acids is 1. The fourth-order valence-corrected chi connectivity index (χ4v) is 2.07. The van der Waals surface area contributed by atoms with Crippen LogP contribution in [-0.2, 0) is 16.1 Å². The van der Waals surface area contributed by atoms with Gasteiger partial charge in [-0.25, -0.2) is 0 Å². The maximum atomic E-state index is 12.1. The Kier molecular flexibility index (Phi) is 4.09. The lowest BCUT2D eigenvalue weighted by Gasteiger charge is -2.26. The number of pyridine rings is 1. The van der Waals surface area contributed by atoms with Gasteiger partial charge in [-0.15, -0.1) is 0 Å². The van der Waals surface area contributed by atoms with Crippen molar-refractivity contribution in [3.8, 4) is 0 Å². The first-order valence-corrected chi connectivity index (χ1v) is 6.00. The molecule has 92 valence electrons. The molecule has 2 heterocycles. The van der Waals surface area contributed by atoms with Gasteiger partial charge in [-0.2, -0.15) is 0 Å². The minimum Gasteiger partial charge on any atom is -0.381 e. The van der Waals surface area contributed by atoms with Crippen LogP contribution >= 0.6 is 0 Å². The molecule has 0 bridgehead atoms. The van der Waals surface area contributed by atoms with E-state index in [-0.39, 0.29) is 11.8 Å². The van der Waals surface area contributed by atoms with E-state index < -0.39 is 0 Å². The number of rotatable bonds is 3. The van der Waals surface area contributed by atoms with Crippen LogP contribution in [0.5, 0.6) is 0 Å². The molecule has 0 unspecified atom stereocenters. The number of carbonyl (C=O) groups is 1. The summed E-state index contributed by atoms with van der Waals surface area (Å²) >= 11 is 0. The van der Waals surface area contributed by atoms with E-state index >= 15 is 0 Å². The van der Waals surface area contributed by atoms with E-state index in [9.17, 15) is 4.79 Å². The zero-order valence-electron chi connectivity index (χ0n) is 10.1. The van der Waals surface area contributed by atoms with Crippen molar-refractivity contribution < 1.29 is 9.53 Å². The van der Waals surface area contributed by atoms with Crippen LogP contribution in [0.15, 0.2) is 24.4 Å². The molecule has 1 saturated heterocycles. The second kappa shape index (κ2) is 5.77. The van der Waals surface area contributed by atoms with E-state index in [4.69, 9.17) is 4.74 Å². The minimum atomic E-state index is 0.123. The topological polar surface area (TPSA) is 42.4 Å². The molecule has 1 aromatic heterocycles. The lowest BCUT2D eigenvalue weighted by atomic mass is 9.99. The minimum absolute atomic E-state index is 0.123. The summed E-state index contributed by atoms with van der Waals surface area (Å²) in [5.41, 5.74) is 0.926. The number of aromatic nitrogens is 1. The molecule has 4 heteroatoms. The van der Waals surface area contributed by atoms with Gasteiger partial charge in [-0.1, -0.05) is 6.07 Å². The van der Waals surface area contributed by atoms with Crippen molar-refractivity contribution in [3.63, 3.8) is 0 Å². The molecule has 0 saturated carbocycles. The standard InChI is InChI=1S/C13H18N2O2/c1-15(10-12-4-2-3-7-14-12)13(16)11-5-8-17-9-6-11/h2-4,7,11H,5-6,8-10H2,1H3. The highest BCUT2D eigenvalue weighted by atomic mass is 16.5. The van der Waals surface area contributed by atoms with Crippen molar-refractivity contribution in [1.29, 1.82) is 0 Å². The Hall–Kier alpha value is -1.42. The summed E-state index contributed by atoms with van der Waals surface area (Å²) in [6, 6.07) is 5.76. The molecule has 4 nitrogen and oxygen atoms in total. The van der Waals surface area contributed by atoms with Crippen LogP contribution in [0.4, 0.5) is 0 Å². The van der Waals surface area contributed by atoms with E-state index in [0.717, 1.165) is 18.5 Å². The van der Waals surface area contributed by atoms with E-state index in [1.165, 1.54) is 0 Å². The second-order valence-electron chi connectivity index (χ2n) is 4.40. The molecule has 0 aliphatic carbocycles. The van der Waals surface area contributed by atoms with Gasteiger partial charge in [0.1, 0.15) is 0 Å². The second-order valence-corrected chi connectivity index (χ2v) is 4.40. The van der Waals surface area contributed by atoms with E-state index in [1.54, 1.807) is 11.1 Å². The van der Waals surface area contributed by atoms with Crippen LogP contribution in [0, 0.1) is 5.92 Å². The molecule has 17 heavy (non-hydrogen) atoms. The van der Waals surface area contributed by atoms with E-state index in [0.29, 0.717) is 19.8 Å². The monoisotopic (exact) mass is 234 g/mol.